The molecule has 0 atom stereocenters. The van der Waals surface area contributed by atoms with Gasteiger partial charge in [0.05, 0.1) is 5.56 Å². The summed E-state index contributed by atoms with van der Waals surface area (Å²) in [7, 11) is 0. The summed E-state index contributed by atoms with van der Waals surface area (Å²) in [4.78, 5) is 8.10. The zero-order valence-corrected chi connectivity index (χ0v) is 16.2. The second kappa shape index (κ2) is 10.1. The van der Waals surface area contributed by atoms with Gasteiger partial charge in [0.2, 0.25) is 5.95 Å². The smallest absolute Gasteiger partial charge is 0.416 e. The molecule has 0 bridgehead atoms. The molecular weight excluding hydrogens is 405 g/mol. The van der Waals surface area contributed by atoms with Gasteiger partial charge in [-0.05, 0) is 60.7 Å². The first kappa shape index (κ1) is 21.6. The van der Waals surface area contributed by atoms with Crippen LogP contribution < -0.4 is 10.6 Å². The Morgan fingerprint density at radius 2 is 1.26 bits per heavy atom. The van der Waals surface area contributed by atoms with Gasteiger partial charge < -0.3 is 15.7 Å². The molecule has 3 aromatic carbocycles. The molecule has 1 heterocycles. The van der Waals surface area contributed by atoms with Crippen LogP contribution >= 0.6 is 0 Å². The molecule has 0 aliphatic rings. The van der Waals surface area contributed by atoms with Crippen LogP contribution in [0.5, 0.6) is 5.75 Å². The summed E-state index contributed by atoms with van der Waals surface area (Å²) in [6, 6.07) is 22.6. The number of nitrogens with one attached hydrogen (secondary N) is 2. The van der Waals surface area contributed by atoms with Crippen molar-refractivity contribution >= 4 is 23.0 Å². The maximum atomic E-state index is 12.5. The first-order valence-electron chi connectivity index (χ1n) is 9.22. The predicted molar refractivity (Wildman–Crippen MR) is 115 cm³/mol. The summed E-state index contributed by atoms with van der Waals surface area (Å²) in [5, 5.41) is 15.0. The number of aromatic hydroxyl groups is 1. The number of halogens is 3. The van der Waals surface area contributed by atoms with Crippen LogP contribution in [0.1, 0.15) is 5.56 Å². The number of rotatable bonds is 4. The SMILES string of the molecule is Oc1ccc(Nc2cccc(C(F)(F)F)c2)cc1.c1ccc(Nc2ncccn2)cc1. The van der Waals surface area contributed by atoms with Crippen LogP contribution in [0.25, 0.3) is 0 Å². The molecule has 0 spiro atoms. The Morgan fingerprint density at radius 1 is 0.645 bits per heavy atom. The number of benzene rings is 3. The molecule has 0 fully saturated rings. The molecule has 31 heavy (non-hydrogen) atoms. The minimum absolute atomic E-state index is 0.101. The molecule has 8 heteroatoms. The number of phenolic OH excluding ortho intramolecular Hbond substituents is 1. The van der Waals surface area contributed by atoms with Crippen molar-refractivity contribution in [2.45, 2.75) is 6.18 Å². The van der Waals surface area contributed by atoms with Gasteiger partial charge in [0.15, 0.2) is 0 Å². The maximum absolute atomic E-state index is 12.5. The number of nitrogens with zero attached hydrogens (tertiary/aromatic N) is 2. The second-order valence-corrected chi connectivity index (χ2v) is 6.31. The molecule has 0 radical (unpaired) electrons. The molecule has 0 aliphatic heterocycles. The van der Waals surface area contributed by atoms with Gasteiger partial charge in [-0.1, -0.05) is 24.3 Å². The molecule has 4 rings (SSSR count). The molecule has 5 nitrogen and oxygen atoms in total. The topological polar surface area (TPSA) is 70.1 Å². The van der Waals surface area contributed by atoms with E-state index in [1.165, 1.54) is 18.2 Å². The molecule has 0 aliphatic carbocycles. The van der Waals surface area contributed by atoms with Gasteiger partial charge in [0.1, 0.15) is 5.75 Å². The number of anilines is 4. The number of alkyl halides is 3. The molecule has 0 saturated heterocycles. The van der Waals surface area contributed by atoms with Crippen molar-refractivity contribution < 1.29 is 18.3 Å². The number of hydrogen-bond donors (Lipinski definition) is 3. The van der Waals surface area contributed by atoms with E-state index in [9.17, 15) is 13.2 Å². The Hall–Kier alpha value is -4.07. The average Bonchev–Trinajstić information content (AvgIpc) is 2.77. The number of para-hydroxylation sites is 1. The van der Waals surface area contributed by atoms with E-state index in [1.54, 1.807) is 36.7 Å². The van der Waals surface area contributed by atoms with Gasteiger partial charge in [-0.2, -0.15) is 13.2 Å². The number of phenols is 1. The summed E-state index contributed by atoms with van der Waals surface area (Å²) in [6.45, 7) is 0. The zero-order chi connectivity index (χ0) is 22.1. The number of aromatic nitrogens is 2. The van der Waals surface area contributed by atoms with Crippen LogP contribution in [0.4, 0.5) is 36.2 Å². The van der Waals surface area contributed by atoms with Crippen LogP contribution in [0.3, 0.4) is 0 Å². The second-order valence-electron chi connectivity index (χ2n) is 6.31. The third kappa shape index (κ3) is 7.04. The van der Waals surface area contributed by atoms with E-state index >= 15 is 0 Å². The lowest BCUT2D eigenvalue weighted by Crippen LogP contribution is -2.05. The Morgan fingerprint density at radius 3 is 1.90 bits per heavy atom. The fourth-order valence-corrected chi connectivity index (χ4v) is 2.50. The quantitative estimate of drug-likeness (QED) is 0.332. The van der Waals surface area contributed by atoms with Crippen molar-refractivity contribution in [3.63, 3.8) is 0 Å². The van der Waals surface area contributed by atoms with Crippen molar-refractivity contribution in [3.05, 3.63) is 103 Å². The molecule has 158 valence electrons. The van der Waals surface area contributed by atoms with Crippen molar-refractivity contribution in [2.24, 2.45) is 0 Å². The van der Waals surface area contributed by atoms with E-state index in [1.807, 2.05) is 30.3 Å². The van der Waals surface area contributed by atoms with Crippen LogP contribution in [0, 0.1) is 0 Å². The van der Waals surface area contributed by atoms with Gasteiger partial charge in [-0.15, -0.1) is 0 Å². The van der Waals surface area contributed by atoms with Crippen LogP contribution in [-0.2, 0) is 6.18 Å². The highest BCUT2D eigenvalue weighted by atomic mass is 19.4. The van der Waals surface area contributed by atoms with Gasteiger partial charge in [-0.25, -0.2) is 9.97 Å². The Bertz CT molecular complexity index is 1040. The van der Waals surface area contributed by atoms with Crippen molar-refractivity contribution in [1.82, 2.24) is 9.97 Å². The Labute approximate surface area is 177 Å². The average molecular weight is 424 g/mol. The van der Waals surface area contributed by atoms with Gasteiger partial charge in [-0.3, -0.25) is 0 Å². The zero-order valence-electron chi connectivity index (χ0n) is 16.2. The van der Waals surface area contributed by atoms with Gasteiger partial charge in [0, 0.05) is 29.5 Å². The third-order valence-corrected chi connectivity index (χ3v) is 3.94. The van der Waals surface area contributed by atoms with Crippen molar-refractivity contribution in [2.75, 3.05) is 10.6 Å². The Balaban J connectivity index is 0.000000185. The van der Waals surface area contributed by atoms with Crippen LogP contribution in [0.15, 0.2) is 97.3 Å². The van der Waals surface area contributed by atoms with E-state index < -0.39 is 11.7 Å². The largest absolute Gasteiger partial charge is 0.508 e. The van der Waals surface area contributed by atoms with Crippen molar-refractivity contribution in [1.29, 1.82) is 0 Å². The molecular formula is C23H19F3N4O. The maximum Gasteiger partial charge on any atom is 0.416 e. The van der Waals surface area contributed by atoms with Gasteiger partial charge >= 0.3 is 6.18 Å². The third-order valence-electron chi connectivity index (χ3n) is 3.94. The van der Waals surface area contributed by atoms with E-state index in [0.29, 0.717) is 17.3 Å². The fourth-order valence-electron chi connectivity index (χ4n) is 2.50. The van der Waals surface area contributed by atoms with Gasteiger partial charge in [0.25, 0.3) is 0 Å². The summed E-state index contributed by atoms with van der Waals surface area (Å²) in [6.07, 6.45) is -0.941. The molecule has 1 aromatic heterocycles. The minimum atomic E-state index is -4.35. The highest BCUT2D eigenvalue weighted by Gasteiger charge is 2.30. The summed E-state index contributed by atoms with van der Waals surface area (Å²) in [5.74, 6) is 0.721. The lowest BCUT2D eigenvalue weighted by atomic mass is 10.2. The highest BCUT2D eigenvalue weighted by Crippen LogP contribution is 2.31. The molecule has 0 amide bonds. The molecule has 0 saturated carbocycles. The first-order valence-corrected chi connectivity index (χ1v) is 9.22. The van der Waals surface area contributed by atoms with Crippen molar-refractivity contribution in [3.8, 4) is 5.75 Å². The Kier molecular flexibility index (Phi) is 7.05. The van der Waals surface area contributed by atoms with Crippen LogP contribution in [-0.4, -0.2) is 15.1 Å². The lowest BCUT2D eigenvalue weighted by Gasteiger charge is -2.10. The molecule has 0 unspecified atom stereocenters. The van der Waals surface area contributed by atoms with E-state index in [4.69, 9.17) is 5.11 Å². The molecule has 3 N–H and O–H groups in total. The first-order chi connectivity index (χ1) is 14.9. The lowest BCUT2D eigenvalue weighted by molar-refractivity contribution is -0.137. The predicted octanol–water partition coefficient (Wildman–Crippen LogP) is 6.37. The van der Waals surface area contributed by atoms with E-state index in [-0.39, 0.29) is 5.75 Å². The summed E-state index contributed by atoms with van der Waals surface area (Å²) < 4.78 is 37.5. The summed E-state index contributed by atoms with van der Waals surface area (Å²) >= 11 is 0. The number of hydrogen-bond acceptors (Lipinski definition) is 5. The minimum Gasteiger partial charge on any atom is -0.508 e. The fraction of sp³-hybridized carbons (Fsp3) is 0.0435. The van der Waals surface area contributed by atoms with E-state index in [2.05, 4.69) is 20.6 Å². The highest BCUT2D eigenvalue weighted by molar-refractivity contribution is 5.61. The van der Waals surface area contributed by atoms with E-state index in [0.717, 1.165) is 17.8 Å². The summed E-state index contributed by atoms with van der Waals surface area (Å²) in [5.41, 5.74) is 1.24. The molecule has 4 aromatic rings. The monoisotopic (exact) mass is 424 g/mol. The van der Waals surface area contributed by atoms with Crippen LogP contribution in [0.2, 0.25) is 0 Å². The standard InChI is InChI=1S/C13H10F3NO.C10H9N3/c14-13(15,16)9-2-1-3-11(8-9)17-10-4-6-12(18)7-5-10;1-2-5-9(6-3-1)13-10-11-7-4-8-12-10/h1-8,17-18H;1-8H,(H,11,12,13). The normalized spacial score (nSPS) is 10.5.